The monoisotopic (exact) mass is 244 g/mol. The molecule has 0 saturated heterocycles. The summed E-state index contributed by atoms with van der Waals surface area (Å²) in [6.45, 7) is 5.70. The smallest absolute Gasteiger partial charge is 0.250 e. The molecule has 0 aliphatic carbocycles. The lowest BCUT2D eigenvalue weighted by Crippen LogP contribution is -2.00. The third-order valence-corrected chi connectivity index (χ3v) is 2.94. The van der Waals surface area contributed by atoms with E-state index in [1.54, 1.807) is 0 Å². The van der Waals surface area contributed by atoms with Crippen LogP contribution in [0.2, 0.25) is 0 Å². The van der Waals surface area contributed by atoms with E-state index in [-0.39, 0.29) is 5.57 Å². The molecule has 0 atom stereocenters. The zero-order valence-corrected chi connectivity index (χ0v) is 11.0. The highest BCUT2D eigenvalue weighted by molar-refractivity contribution is 5.87. The van der Waals surface area contributed by atoms with Crippen LogP contribution in [0.4, 0.5) is 4.53 Å². The molecule has 0 rings (SSSR count). The summed E-state index contributed by atoms with van der Waals surface area (Å²) < 4.78 is 11.5. The second kappa shape index (κ2) is 11.6. The molecule has 100 valence electrons. The van der Waals surface area contributed by atoms with Crippen molar-refractivity contribution in [3.05, 3.63) is 12.2 Å². The molecule has 17 heavy (non-hydrogen) atoms. The van der Waals surface area contributed by atoms with Crippen LogP contribution in [0, 0.1) is 0 Å². The first kappa shape index (κ1) is 16.1. The average Bonchev–Trinajstić information content (AvgIpc) is 2.35. The highest BCUT2D eigenvalue weighted by atomic mass is 19.3. The lowest BCUT2D eigenvalue weighted by Gasteiger charge is -2.02. The Morgan fingerprint density at radius 1 is 1.00 bits per heavy atom. The van der Waals surface area contributed by atoms with Gasteiger partial charge in [-0.3, -0.25) is 0 Å². The van der Waals surface area contributed by atoms with Crippen molar-refractivity contribution in [1.82, 2.24) is 0 Å². The quantitative estimate of drug-likeness (QED) is 0.382. The van der Waals surface area contributed by atoms with Crippen LogP contribution >= 0.6 is 0 Å². The van der Waals surface area contributed by atoms with Crippen molar-refractivity contribution < 1.29 is 14.3 Å². The van der Waals surface area contributed by atoms with Gasteiger partial charge in [0.15, 0.2) is 0 Å². The molecule has 0 amide bonds. The molecule has 0 aliphatic rings. The summed E-state index contributed by atoms with van der Waals surface area (Å²) in [5.41, 5.74) is 0.232. The maximum atomic E-state index is 11.5. The van der Waals surface area contributed by atoms with Crippen LogP contribution in [0.1, 0.15) is 71.1 Å². The van der Waals surface area contributed by atoms with Gasteiger partial charge in [-0.05, 0) is 12.8 Å². The summed E-state index contributed by atoms with van der Waals surface area (Å²) in [5, 5.41) is 0. The van der Waals surface area contributed by atoms with Crippen molar-refractivity contribution in [2.24, 2.45) is 0 Å². The van der Waals surface area contributed by atoms with Gasteiger partial charge >= 0.3 is 5.97 Å². The van der Waals surface area contributed by atoms with Gasteiger partial charge < -0.3 is 0 Å². The van der Waals surface area contributed by atoms with Gasteiger partial charge in [0, 0.05) is 10.1 Å². The molecule has 0 aromatic heterocycles. The molecule has 0 fully saturated rings. The Bertz CT molecular complexity index is 214. The van der Waals surface area contributed by atoms with E-state index in [0.29, 0.717) is 6.42 Å². The summed E-state index contributed by atoms with van der Waals surface area (Å²) in [6.07, 6.45) is 11.5. The van der Waals surface area contributed by atoms with E-state index < -0.39 is 5.97 Å². The van der Waals surface area contributed by atoms with E-state index in [9.17, 15) is 9.32 Å². The van der Waals surface area contributed by atoms with Gasteiger partial charge in [0.05, 0.1) is 0 Å². The van der Waals surface area contributed by atoms with Gasteiger partial charge in [-0.2, -0.15) is 0 Å². The molecule has 0 radical (unpaired) electrons. The molecule has 2 nitrogen and oxygen atoms in total. The Morgan fingerprint density at radius 3 is 1.94 bits per heavy atom. The molecule has 0 heterocycles. The number of hydrogen-bond donors (Lipinski definition) is 0. The summed E-state index contributed by atoms with van der Waals surface area (Å²) in [4.78, 5) is 13.8. The van der Waals surface area contributed by atoms with Crippen LogP contribution in [0.5, 0.6) is 0 Å². The molecule has 0 N–H and O–H groups in total. The summed E-state index contributed by atoms with van der Waals surface area (Å²) in [6, 6.07) is 0. The molecule has 0 aliphatic heterocycles. The Hall–Kier alpha value is -0.860. The van der Waals surface area contributed by atoms with Crippen molar-refractivity contribution in [2.45, 2.75) is 71.1 Å². The van der Waals surface area contributed by atoms with Crippen LogP contribution in [-0.2, 0) is 9.74 Å². The standard InChI is InChI=1S/C14H25FO2/c1-3-4-5-6-7-8-9-10-11-12-13(2)14(16)17-15/h2-12H2,1H3. The van der Waals surface area contributed by atoms with Gasteiger partial charge in [-0.25, -0.2) is 9.74 Å². The minimum atomic E-state index is -0.926. The highest BCUT2D eigenvalue weighted by Crippen LogP contribution is 2.13. The Balaban J connectivity index is 3.18. The number of unbranched alkanes of at least 4 members (excludes halogenated alkanes) is 8. The van der Waals surface area contributed by atoms with E-state index in [0.717, 1.165) is 12.8 Å². The van der Waals surface area contributed by atoms with Crippen LogP contribution in [0.15, 0.2) is 12.2 Å². The zero-order valence-electron chi connectivity index (χ0n) is 11.0. The molecule has 0 spiro atoms. The largest absolute Gasteiger partial charge is 0.374 e. The first-order valence-corrected chi connectivity index (χ1v) is 6.73. The fourth-order valence-electron chi connectivity index (χ4n) is 1.81. The van der Waals surface area contributed by atoms with E-state index in [1.807, 2.05) is 0 Å². The second-order valence-corrected chi connectivity index (χ2v) is 4.55. The normalized spacial score (nSPS) is 10.2. The van der Waals surface area contributed by atoms with Crippen molar-refractivity contribution in [1.29, 1.82) is 0 Å². The Morgan fingerprint density at radius 2 is 1.47 bits per heavy atom. The average molecular weight is 244 g/mol. The molecular weight excluding hydrogens is 219 g/mol. The summed E-state index contributed by atoms with van der Waals surface area (Å²) >= 11 is 0. The topological polar surface area (TPSA) is 26.3 Å². The van der Waals surface area contributed by atoms with Gasteiger partial charge in [0.2, 0.25) is 0 Å². The Labute approximate surface area is 104 Å². The first-order valence-electron chi connectivity index (χ1n) is 6.73. The fourth-order valence-corrected chi connectivity index (χ4v) is 1.81. The second-order valence-electron chi connectivity index (χ2n) is 4.55. The molecule has 3 heteroatoms. The van der Waals surface area contributed by atoms with E-state index in [2.05, 4.69) is 18.4 Å². The number of carbonyl (C=O) groups is 1. The van der Waals surface area contributed by atoms with Crippen molar-refractivity contribution in [2.75, 3.05) is 0 Å². The van der Waals surface area contributed by atoms with Gasteiger partial charge in [-0.15, -0.1) is 0 Å². The van der Waals surface area contributed by atoms with Crippen LogP contribution in [0.3, 0.4) is 0 Å². The first-order chi connectivity index (χ1) is 8.22. The van der Waals surface area contributed by atoms with Crippen LogP contribution in [-0.4, -0.2) is 5.97 Å². The lowest BCUT2D eigenvalue weighted by molar-refractivity contribution is -0.178. The molecular formula is C14H25FO2. The molecule has 0 unspecified atom stereocenters. The predicted molar refractivity (Wildman–Crippen MR) is 68.2 cm³/mol. The zero-order chi connectivity index (χ0) is 12.9. The fraction of sp³-hybridized carbons (Fsp3) is 0.786. The van der Waals surface area contributed by atoms with Crippen molar-refractivity contribution >= 4 is 5.97 Å². The predicted octanol–water partition coefficient (Wildman–Crippen LogP) is 4.89. The van der Waals surface area contributed by atoms with Crippen LogP contribution < -0.4 is 0 Å². The van der Waals surface area contributed by atoms with E-state index >= 15 is 0 Å². The summed E-state index contributed by atoms with van der Waals surface area (Å²) in [7, 11) is 0. The maximum absolute atomic E-state index is 11.5. The molecule has 0 saturated carbocycles. The van der Waals surface area contributed by atoms with Gasteiger partial charge in [0.1, 0.15) is 0 Å². The number of halogens is 1. The minimum absolute atomic E-state index is 0.232. The molecule has 0 aromatic carbocycles. The third-order valence-electron chi connectivity index (χ3n) is 2.94. The van der Waals surface area contributed by atoms with E-state index in [1.165, 1.54) is 44.9 Å². The van der Waals surface area contributed by atoms with Crippen molar-refractivity contribution in [3.8, 4) is 0 Å². The Kier molecular flexibility index (Phi) is 11.0. The van der Waals surface area contributed by atoms with Crippen molar-refractivity contribution in [3.63, 3.8) is 0 Å². The highest BCUT2D eigenvalue weighted by Gasteiger charge is 2.07. The minimum Gasteiger partial charge on any atom is -0.250 e. The maximum Gasteiger partial charge on any atom is 0.374 e. The molecule has 0 aromatic rings. The molecule has 0 bridgehead atoms. The summed E-state index contributed by atoms with van der Waals surface area (Å²) in [5.74, 6) is -0.926. The van der Waals surface area contributed by atoms with Gasteiger partial charge in [-0.1, -0.05) is 64.9 Å². The number of hydrogen-bond acceptors (Lipinski definition) is 2. The van der Waals surface area contributed by atoms with Gasteiger partial charge in [0.25, 0.3) is 0 Å². The third kappa shape index (κ3) is 10.0. The van der Waals surface area contributed by atoms with E-state index in [4.69, 9.17) is 0 Å². The van der Waals surface area contributed by atoms with Crippen LogP contribution in [0.25, 0.3) is 0 Å². The number of carbonyl (C=O) groups excluding carboxylic acids is 1. The SMILES string of the molecule is C=C(CCCCCCCCCCC)C(=O)OF. The number of rotatable bonds is 11. The lowest BCUT2D eigenvalue weighted by atomic mass is 10.0.